The van der Waals surface area contributed by atoms with E-state index >= 15 is 0 Å². The number of nitrogens with one attached hydrogen (secondary N) is 1. The summed E-state index contributed by atoms with van der Waals surface area (Å²) < 4.78 is 0. The highest BCUT2D eigenvalue weighted by atomic mass is 14.9. The number of rotatable bonds is 4. The molecular formula is C19H29N. The summed E-state index contributed by atoms with van der Waals surface area (Å²) in [7, 11) is 0. The number of benzene rings is 1. The van der Waals surface area contributed by atoms with Crippen molar-refractivity contribution >= 4 is 0 Å². The first-order valence-electron chi connectivity index (χ1n) is 8.36. The van der Waals surface area contributed by atoms with Crippen LogP contribution in [0, 0.1) is 17.8 Å². The Hall–Kier alpha value is -0.820. The van der Waals surface area contributed by atoms with Crippen molar-refractivity contribution in [3.05, 3.63) is 35.4 Å². The summed E-state index contributed by atoms with van der Waals surface area (Å²) in [6.45, 7) is 10.2. The maximum Gasteiger partial charge on any atom is 0.0354 e. The molecule has 0 aromatic heterocycles. The first-order valence-corrected chi connectivity index (χ1v) is 8.36. The molecule has 2 aliphatic rings. The van der Waals surface area contributed by atoms with Gasteiger partial charge in [0.1, 0.15) is 0 Å². The van der Waals surface area contributed by atoms with Crippen molar-refractivity contribution in [1.82, 2.24) is 5.32 Å². The first kappa shape index (κ1) is 14.1. The third-order valence-corrected chi connectivity index (χ3v) is 5.42. The normalized spacial score (nSPS) is 30.1. The van der Waals surface area contributed by atoms with Gasteiger partial charge in [0.2, 0.25) is 0 Å². The van der Waals surface area contributed by atoms with Gasteiger partial charge >= 0.3 is 0 Å². The van der Waals surface area contributed by atoms with Gasteiger partial charge in [-0.1, -0.05) is 58.4 Å². The Balaban J connectivity index is 1.78. The highest BCUT2D eigenvalue weighted by Gasteiger charge is 2.55. The lowest BCUT2D eigenvalue weighted by Crippen LogP contribution is -2.24. The highest BCUT2D eigenvalue weighted by Crippen LogP contribution is 2.62. The summed E-state index contributed by atoms with van der Waals surface area (Å²) >= 11 is 0. The van der Waals surface area contributed by atoms with Gasteiger partial charge in [0, 0.05) is 6.04 Å². The molecule has 20 heavy (non-hydrogen) atoms. The Kier molecular flexibility index (Phi) is 3.66. The Morgan fingerprint density at radius 2 is 1.70 bits per heavy atom. The maximum absolute atomic E-state index is 3.75. The number of fused-ring (bicyclic) bond motifs is 1. The van der Waals surface area contributed by atoms with E-state index in [1.54, 1.807) is 0 Å². The SMILES string of the molecule is CCNC(c1ccc(C(C)(C)C)cc1)C1C2CCCC21. The third kappa shape index (κ3) is 2.53. The number of hydrogen-bond donors (Lipinski definition) is 1. The van der Waals surface area contributed by atoms with Crippen molar-refractivity contribution in [2.45, 2.75) is 58.4 Å². The van der Waals surface area contributed by atoms with Crippen molar-refractivity contribution in [2.24, 2.45) is 17.8 Å². The Morgan fingerprint density at radius 3 is 2.20 bits per heavy atom. The zero-order valence-corrected chi connectivity index (χ0v) is 13.4. The molecule has 3 rings (SSSR count). The molecule has 3 unspecified atom stereocenters. The molecule has 3 atom stereocenters. The minimum Gasteiger partial charge on any atom is -0.310 e. The van der Waals surface area contributed by atoms with Gasteiger partial charge in [0.15, 0.2) is 0 Å². The fourth-order valence-electron chi connectivity index (χ4n) is 4.26. The van der Waals surface area contributed by atoms with Gasteiger partial charge in [-0.05, 0) is 53.7 Å². The van der Waals surface area contributed by atoms with Gasteiger partial charge in [0.25, 0.3) is 0 Å². The standard InChI is InChI=1S/C19H29N/c1-5-20-18(17-15-7-6-8-16(15)17)13-9-11-14(12-10-13)19(2,3)4/h9-12,15-18,20H,5-8H2,1-4H3. The van der Waals surface area contributed by atoms with Gasteiger partial charge < -0.3 is 5.32 Å². The quantitative estimate of drug-likeness (QED) is 0.838. The van der Waals surface area contributed by atoms with E-state index < -0.39 is 0 Å². The van der Waals surface area contributed by atoms with E-state index in [0.717, 1.165) is 24.3 Å². The minimum absolute atomic E-state index is 0.252. The molecule has 1 N–H and O–H groups in total. The van der Waals surface area contributed by atoms with Crippen LogP contribution in [0.3, 0.4) is 0 Å². The van der Waals surface area contributed by atoms with E-state index in [-0.39, 0.29) is 5.41 Å². The van der Waals surface area contributed by atoms with Crippen LogP contribution in [0.4, 0.5) is 0 Å². The van der Waals surface area contributed by atoms with Gasteiger partial charge in [-0.3, -0.25) is 0 Å². The van der Waals surface area contributed by atoms with E-state index in [9.17, 15) is 0 Å². The van der Waals surface area contributed by atoms with Crippen LogP contribution in [0.1, 0.15) is 64.1 Å². The van der Waals surface area contributed by atoms with Gasteiger partial charge in [-0.2, -0.15) is 0 Å². The minimum atomic E-state index is 0.252. The second-order valence-electron chi connectivity index (χ2n) is 7.74. The van der Waals surface area contributed by atoms with Crippen molar-refractivity contribution in [2.75, 3.05) is 6.54 Å². The topological polar surface area (TPSA) is 12.0 Å². The molecule has 2 saturated carbocycles. The highest BCUT2D eigenvalue weighted by molar-refractivity contribution is 5.31. The van der Waals surface area contributed by atoms with Gasteiger partial charge in [-0.25, -0.2) is 0 Å². The molecule has 1 aromatic carbocycles. The summed E-state index contributed by atoms with van der Waals surface area (Å²) in [5.74, 6) is 2.94. The second kappa shape index (κ2) is 5.18. The Labute approximate surface area is 124 Å². The molecular weight excluding hydrogens is 242 g/mol. The third-order valence-electron chi connectivity index (χ3n) is 5.42. The molecule has 0 bridgehead atoms. The number of hydrogen-bond acceptors (Lipinski definition) is 1. The summed E-state index contributed by atoms with van der Waals surface area (Å²) in [4.78, 5) is 0. The van der Waals surface area contributed by atoms with Crippen molar-refractivity contribution < 1.29 is 0 Å². The van der Waals surface area contributed by atoms with Crippen LogP contribution in [-0.4, -0.2) is 6.54 Å². The van der Waals surface area contributed by atoms with E-state index in [0.29, 0.717) is 6.04 Å². The van der Waals surface area contributed by atoms with Crippen molar-refractivity contribution in [1.29, 1.82) is 0 Å². The van der Waals surface area contributed by atoms with E-state index in [1.807, 2.05) is 0 Å². The lowest BCUT2D eigenvalue weighted by atomic mass is 9.85. The van der Waals surface area contributed by atoms with Crippen LogP contribution >= 0.6 is 0 Å². The summed E-state index contributed by atoms with van der Waals surface area (Å²) in [6.07, 6.45) is 4.41. The molecule has 0 spiro atoms. The molecule has 2 aliphatic carbocycles. The molecule has 0 heterocycles. The van der Waals surface area contributed by atoms with E-state index in [2.05, 4.69) is 57.3 Å². The monoisotopic (exact) mass is 271 g/mol. The van der Waals surface area contributed by atoms with Crippen molar-refractivity contribution in [3.8, 4) is 0 Å². The molecule has 0 amide bonds. The molecule has 0 radical (unpaired) electrons. The lowest BCUT2D eigenvalue weighted by molar-refractivity contribution is 0.425. The van der Waals surface area contributed by atoms with Crippen LogP contribution in [-0.2, 0) is 5.41 Å². The van der Waals surface area contributed by atoms with Crippen LogP contribution in [0.25, 0.3) is 0 Å². The van der Waals surface area contributed by atoms with Crippen molar-refractivity contribution in [3.63, 3.8) is 0 Å². The molecule has 110 valence electrons. The van der Waals surface area contributed by atoms with Gasteiger partial charge in [-0.15, -0.1) is 0 Å². The summed E-state index contributed by atoms with van der Waals surface area (Å²) in [6, 6.07) is 9.98. The summed E-state index contributed by atoms with van der Waals surface area (Å²) in [5, 5.41) is 3.75. The van der Waals surface area contributed by atoms with Crippen LogP contribution in [0.15, 0.2) is 24.3 Å². The predicted molar refractivity (Wildman–Crippen MR) is 85.9 cm³/mol. The Bertz CT molecular complexity index is 444. The fourth-order valence-corrected chi connectivity index (χ4v) is 4.26. The zero-order chi connectivity index (χ0) is 14.3. The average Bonchev–Trinajstić information content (AvgIpc) is 2.87. The average molecular weight is 271 g/mol. The van der Waals surface area contributed by atoms with Crippen LogP contribution < -0.4 is 5.32 Å². The van der Waals surface area contributed by atoms with Crippen LogP contribution in [0.5, 0.6) is 0 Å². The second-order valence-corrected chi connectivity index (χ2v) is 7.74. The molecule has 1 aromatic rings. The fraction of sp³-hybridized carbons (Fsp3) is 0.684. The lowest BCUT2D eigenvalue weighted by Gasteiger charge is -2.23. The predicted octanol–water partition coefficient (Wildman–Crippen LogP) is 4.68. The summed E-state index contributed by atoms with van der Waals surface area (Å²) in [5.41, 5.74) is 3.19. The molecule has 0 aliphatic heterocycles. The zero-order valence-electron chi connectivity index (χ0n) is 13.4. The molecule has 1 nitrogen and oxygen atoms in total. The largest absolute Gasteiger partial charge is 0.310 e. The Morgan fingerprint density at radius 1 is 1.10 bits per heavy atom. The van der Waals surface area contributed by atoms with E-state index in [4.69, 9.17) is 0 Å². The van der Waals surface area contributed by atoms with Gasteiger partial charge in [0.05, 0.1) is 0 Å². The van der Waals surface area contributed by atoms with Crippen LogP contribution in [0.2, 0.25) is 0 Å². The molecule has 2 fully saturated rings. The maximum atomic E-state index is 3.75. The smallest absolute Gasteiger partial charge is 0.0354 e. The first-order chi connectivity index (χ1) is 9.52. The van der Waals surface area contributed by atoms with E-state index in [1.165, 1.54) is 30.4 Å². The molecule has 1 heteroatoms. The molecule has 0 saturated heterocycles.